The maximum absolute atomic E-state index is 14.4. The molecular formula is C15H10F3N3O3. The van der Waals surface area contributed by atoms with Crippen LogP contribution in [0.3, 0.4) is 0 Å². The molecule has 0 fully saturated rings. The van der Waals surface area contributed by atoms with Crippen LogP contribution in [0.25, 0.3) is 10.9 Å². The molecule has 6 nitrogen and oxygen atoms in total. The fourth-order valence-corrected chi connectivity index (χ4v) is 3.29. The molecule has 0 atom stereocenters. The van der Waals surface area contributed by atoms with Gasteiger partial charge in [-0.15, -0.1) is 0 Å². The van der Waals surface area contributed by atoms with Crippen LogP contribution in [-0.4, -0.2) is 9.49 Å². The van der Waals surface area contributed by atoms with Crippen molar-refractivity contribution in [2.24, 2.45) is 0 Å². The van der Waals surface area contributed by atoms with E-state index in [2.05, 4.69) is 0 Å². The summed E-state index contributed by atoms with van der Waals surface area (Å²) in [5, 5.41) is 19.5. The van der Waals surface area contributed by atoms with E-state index >= 15 is 0 Å². The molecule has 0 radical (unpaired) electrons. The molecule has 0 N–H and O–H groups in total. The second kappa shape index (κ2) is 4.80. The van der Waals surface area contributed by atoms with Crippen LogP contribution in [0.1, 0.15) is 31.5 Å². The molecule has 1 aliphatic rings. The molecule has 0 bridgehead atoms. The van der Waals surface area contributed by atoms with Gasteiger partial charge < -0.3 is 4.57 Å². The molecule has 2 aromatic rings. The summed E-state index contributed by atoms with van der Waals surface area (Å²) in [6.45, 7) is 3.31. The smallest absolute Gasteiger partial charge is 0.321 e. The van der Waals surface area contributed by atoms with E-state index in [1.165, 1.54) is 4.57 Å². The first-order chi connectivity index (χ1) is 11.1. The van der Waals surface area contributed by atoms with Crippen molar-refractivity contribution < 1.29 is 18.1 Å². The van der Waals surface area contributed by atoms with E-state index in [0.717, 1.165) is 0 Å². The Balaban J connectivity index is 2.77. The molecular weight excluding hydrogens is 327 g/mol. The highest BCUT2D eigenvalue weighted by molar-refractivity contribution is 5.91. The summed E-state index contributed by atoms with van der Waals surface area (Å²) in [4.78, 5) is 22.4. The largest absolute Gasteiger partial charge is 0.335 e. The van der Waals surface area contributed by atoms with Gasteiger partial charge in [0.05, 0.1) is 10.4 Å². The maximum atomic E-state index is 14.4. The molecule has 1 aromatic heterocycles. The summed E-state index contributed by atoms with van der Waals surface area (Å²) in [6.07, 6.45) is 0.653. The van der Waals surface area contributed by atoms with Crippen molar-refractivity contribution in [1.82, 2.24) is 4.57 Å². The molecule has 24 heavy (non-hydrogen) atoms. The average molecular weight is 337 g/mol. The molecule has 124 valence electrons. The zero-order valence-corrected chi connectivity index (χ0v) is 12.6. The number of nitro benzene ring substituents is 1. The van der Waals surface area contributed by atoms with Crippen LogP contribution in [0.15, 0.2) is 4.79 Å². The van der Waals surface area contributed by atoms with Crippen LogP contribution in [0.4, 0.5) is 18.9 Å². The van der Waals surface area contributed by atoms with Crippen LogP contribution in [0, 0.1) is 38.9 Å². The van der Waals surface area contributed by atoms with Gasteiger partial charge in [0, 0.05) is 11.2 Å². The number of rotatable bonds is 1. The van der Waals surface area contributed by atoms with Gasteiger partial charge in [-0.2, -0.15) is 9.65 Å². The van der Waals surface area contributed by atoms with E-state index in [9.17, 15) is 33.3 Å². The summed E-state index contributed by atoms with van der Waals surface area (Å²) in [5.74, 6) is -5.75. The summed E-state index contributed by atoms with van der Waals surface area (Å²) in [5.41, 5.74) is -4.38. The Morgan fingerprint density at radius 3 is 2.42 bits per heavy atom. The summed E-state index contributed by atoms with van der Waals surface area (Å²) in [6, 6.07) is 1.65. The van der Waals surface area contributed by atoms with Crippen molar-refractivity contribution in [2.75, 3.05) is 0 Å². The minimum Gasteiger partial charge on any atom is -0.335 e. The molecule has 3 rings (SSSR count). The van der Waals surface area contributed by atoms with E-state index in [0.29, 0.717) is 6.42 Å². The Bertz CT molecular complexity index is 1030. The van der Waals surface area contributed by atoms with E-state index in [4.69, 9.17) is 0 Å². The van der Waals surface area contributed by atoms with Crippen molar-refractivity contribution in [1.29, 1.82) is 5.26 Å². The van der Waals surface area contributed by atoms with Crippen molar-refractivity contribution >= 4 is 16.6 Å². The third kappa shape index (κ3) is 1.79. The van der Waals surface area contributed by atoms with E-state index in [1.54, 1.807) is 19.9 Å². The lowest BCUT2D eigenvalue weighted by Gasteiger charge is -2.25. The van der Waals surface area contributed by atoms with Gasteiger partial charge in [-0.25, -0.2) is 8.78 Å². The molecule has 1 aromatic carbocycles. The first kappa shape index (κ1) is 16.0. The van der Waals surface area contributed by atoms with Gasteiger partial charge in [-0.3, -0.25) is 14.9 Å². The summed E-state index contributed by atoms with van der Waals surface area (Å²) < 4.78 is 43.4. The molecule has 0 saturated heterocycles. The predicted molar refractivity (Wildman–Crippen MR) is 77.1 cm³/mol. The second-order valence-corrected chi connectivity index (χ2v) is 6.18. The highest BCUT2D eigenvalue weighted by Gasteiger charge is 2.39. The number of pyridine rings is 1. The number of hydrogen-bond donors (Lipinski definition) is 0. The van der Waals surface area contributed by atoms with E-state index < -0.39 is 55.5 Å². The van der Waals surface area contributed by atoms with Crippen molar-refractivity contribution in [2.45, 2.75) is 32.2 Å². The quantitative estimate of drug-likeness (QED) is 0.455. The molecule has 0 saturated carbocycles. The van der Waals surface area contributed by atoms with Crippen LogP contribution in [0.5, 0.6) is 0 Å². The third-order valence-corrected chi connectivity index (χ3v) is 4.38. The molecule has 0 spiro atoms. The van der Waals surface area contributed by atoms with Crippen LogP contribution in [0.2, 0.25) is 0 Å². The van der Waals surface area contributed by atoms with Gasteiger partial charge in [-0.1, -0.05) is 0 Å². The Morgan fingerprint density at radius 1 is 1.25 bits per heavy atom. The van der Waals surface area contributed by atoms with Gasteiger partial charge in [0.15, 0.2) is 5.82 Å². The molecule has 1 aliphatic heterocycles. The number of hydrogen-bond acceptors (Lipinski definition) is 4. The Morgan fingerprint density at radius 2 is 1.88 bits per heavy atom. The van der Waals surface area contributed by atoms with Crippen molar-refractivity contribution in [3.63, 3.8) is 0 Å². The number of halogens is 3. The third-order valence-electron chi connectivity index (χ3n) is 4.38. The number of fused-ring (bicyclic) bond motifs is 3. The zero-order chi connectivity index (χ0) is 18.0. The maximum Gasteiger partial charge on any atom is 0.321 e. The Labute approximate surface area is 132 Å². The fourth-order valence-electron chi connectivity index (χ4n) is 3.29. The van der Waals surface area contributed by atoms with E-state index in [1.807, 2.05) is 0 Å². The van der Waals surface area contributed by atoms with Crippen LogP contribution >= 0.6 is 0 Å². The normalized spacial score (nSPS) is 15.3. The number of nitro groups is 1. The molecule has 2 heterocycles. The number of benzene rings is 1. The van der Waals surface area contributed by atoms with E-state index in [-0.39, 0.29) is 12.1 Å². The standard InChI is InChI=1S/C15H10F3N3O3/c1-15(2)4-3-7-6(5-19)14(22)8-12(20(7)15)10(17)9(16)11(18)13(8)21(23)24/h3-4H2,1-2H3. The zero-order valence-electron chi connectivity index (χ0n) is 12.6. The van der Waals surface area contributed by atoms with Gasteiger partial charge in [0.2, 0.25) is 17.1 Å². The van der Waals surface area contributed by atoms with Gasteiger partial charge in [0.25, 0.3) is 0 Å². The minimum absolute atomic E-state index is 0.166. The van der Waals surface area contributed by atoms with Crippen LogP contribution < -0.4 is 5.43 Å². The first-order valence-electron chi connectivity index (χ1n) is 6.96. The van der Waals surface area contributed by atoms with Gasteiger partial charge >= 0.3 is 5.69 Å². The number of nitriles is 1. The Kier molecular flexibility index (Phi) is 3.20. The lowest BCUT2D eigenvalue weighted by atomic mass is 10.0. The molecule has 0 aliphatic carbocycles. The Hall–Kier alpha value is -2.89. The lowest BCUT2D eigenvalue weighted by molar-refractivity contribution is -0.386. The SMILES string of the molecule is CC1(C)CCc2c(C#N)c(=O)c3c([N+](=O)[O-])c(F)c(F)c(F)c3n21. The van der Waals surface area contributed by atoms with Crippen molar-refractivity contribution in [3.05, 3.63) is 49.0 Å². The monoisotopic (exact) mass is 337 g/mol. The minimum atomic E-state index is -2.05. The van der Waals surface area contributed by atoms with Gasteiger partial charge in [-0.05, 0) is 26.7 Å². The first-order valence-corrected chi connectivity index (χ1v) is 6.96. The van der Waals surface area contributed by atoms with Crippen molar-refractivity contribution in [3.8, 4) is 6.07 Å². The van der Waals surface area contributed by atoms with Gasteiger partial charge in [0.1, 0.15) is 17.0 Å². The highest BCUT2D eigenvalue weighted by atomic mass is 19.2. The highest BCUT2D eigenvalue weighted by Crippen LogP contribution is 2.40. The number of nitrogens with zero attached hydrogens (tertiary/aromatic N) is 3. The lowest BCUT2D eigenvalue weighted by Crippen LogP contribution is -2.27. The molecule has 0 unspecified atom stereocenters. The predicted octanol–water partition coefficient (Wildman–Crippen LogP) is 2.88. The topological polar surface area (TPSA) is 88.9 Å². The second-order valence-electron chi connectivity index (χ2n) is 6.18. The van der Waals surface area contributed by atoms with Crippen LogP contribution in [-0.2, 0) is 12.0 Å². The molecule has 0 amide bonds. The fraction of sp³-hybridized carbons (Fsp3) is 0.333. The average Bonchev–Trinajstić information content (AvgIpc) is 2.81. The molecule has 9 heteroatoms. The number of aromatic nitrogens is 1. The summed E-state index contributed by atoms with van der Waals surface area (Å²) >= 11 is 0. The summed E-state index contributed by atoms with van der Waals surface area (Å²) in [7, 11) is 0.